The Kier molecular flexibility index (Phi) is 6.39. The highest BCUT2D eigenvalue weighted by atomic mass is 16.5. The number of fused-ring (bicyclic) bond motifs is 1. The molecule has 0 spiro atoms. The quantitative estimate of drug-likeness (QED) is 0.387. The predicted molar refractivity (Wildman–Crippen MR) is 137 cm³/mol. The molecule has 9 heteroatoms. The lowest BCUT2D eigenvalue weighted by Crippen LogP contribution is -2.47. The summed E-state index contributed by atoms with van der Waals surface area (Å²) in [6, 6.07) is 16.9. The van der Waals surface area contributed by atoms with Crippen LogP contribution < -0.4 is 14.8 Å². The Bertz CT molecular complexity index is 1370. The third-order valence-corrected chi connectivity index (χ3v) is 6.38. The molecule has 4 aromatic rings. The number of anilines is 2. The van der Waals surface area contributed by atoms with Crippen molar-refractivity contribution in [3.63, 3.8) is 0 Å². The van der Waals surface area contributed by atoms with Crippen molar-refractivity contribution in [3.05, 3.63) is 60.2 Å². The predicted octanol–water partition coefficient (Wildman–Crippen LogP) is 4.35. The Hall–Kier alpha value is -4.24. The summed E-state index contributed by atoms with van der Waals surface area (Å²) in [5.41, 5.74) is 4.35. The van der Waals surface area contributed by atoms with E-state index < -0.39 is 0 Å². The molecule has 0 aliphatic carbocycles. The van der Waals surface area contributed by atoms with Gasteiger partial charge in [0, 0.05) is 55.1 Å². The minimum absolute atomic E-state index is 0.0544. The van der Waals surface area contributed by atoms with Crippen molar-refractivity contribution in [2.24, 2.45) is 0 Å². The molecule has 1 amide bonds. The third-order valence-electron chi connectivity index (χ3n) is 6.38. The summed E-state index contributed by atoms with van der Waals surface area (Å²) in [5.74, 6) is 0.499. The molecule has 2 N–H and O–H groups in total. The van der Waals surface area contributed by atoms with Gasteiger partial charge in [-0.2, -0.15) is 4.98 Å². The van der Waals surface area contributed by atoms with Crippen molar-refractivity contribution < 1.29 is 23.8 Å². The van der Waals surface area contributed by atoms with Gasteiger partial charge in [-0.25, -0.2) is 0 Å². The van der Waals surface area contributed by atoms with Crippen LogP contribution >= 0.6 is 0 Å². The standard InChI is InChI=1S/C27H28N4O5/c1-30-11-13-31(14-12-30)26(33)18-9-7-17(8-10-18)20-5-4-6-21-25(20)36-27(29-21)28-19-15-22(34-2)24(32)23(16-19)35-3/h4-10,15-16,32H,11-14H2,1-3H3,(H,28,29). The molecule has 1 aliphatic rings. The number of rotatable bonds is 6. The second-order valence-electron chi connectivity index (χ2n) is 8.70. The zero-order chi connectivity index (χ0) is 25.2. The number of likely N-dealkylation sites (N-methyl/N-ethyl adjacent to an activating group) is 1. The van der Waals surface area contributed by atoms with Crippen LogP contribution in [-0.2, 0) is 0 Å². The number of piperazine rings is 1. The van der Waals surface area contributed by atoms with E-state index in [0.717, 1.165) is 37.3 Å². The van der Waals surface area contributed by atoms with E-state index in [1.165, 1.54) is 14.2 Å². The molecule has 5 rings (SSSR count). The SMILES string of the molecule is COc1cc(Nc2nc3cccc(-c4ccc(C(=O)N5CCN(C)CC5)cc4)c3o2)cc(OC)c1O. The Balaban J connectivity index is 1.40. The summed E-state index contributed by atoms with van der Waals surface area (Å²) in [4.78, 5) is 21.6. The molecule has 0 radical (unpaired) electrons. The Labute approximate surface area is 208 Å². The molecule has 3 aromatic carbocycles. The van der Waals surface area contributed by atoms with E-state index in [-0.39, 0.29) is 29.2 Å². The number of hydrogen-bond acceptors (Lipinski definition) is 8. The van der Waals surface area contributed by atoms with Crippen molar-refractivity contribution in [2.75, 3.05) is 52.8 Å². The van der Waals surface area contributed by atoms with Crippen molar-refractivity contribution >= 4 is 28.7 Å². The summed E-state index contributed by atoms with van der Waals surface area (Å²) < 4.78 is 16.5. The molecule has 9 nitrogen and oxygen atoms in total. The Morgan fingerprint density at radius 1 is 1.00 bits per heavy atom. The van der Waals surface area contributed by atoms with E-state index in [1.807, 2.05) is 47.4 Å². The lowest BCUT2D eigenvalue weighted by atomic mass is 10.0. The summed E-state index contributed by atoms with van der Waals surface area (Å²) in [6.45, 7) is 3.25. The zero-order valence-corrected chi connectivity index (χ0v) is 20.4. The first-order valence-electron chi connectivity index (χ1n) is 11.7. The van der Waals surface area contributed by atoms with Gasteiger partial charge in [-0.05, 0) is 30.8 Å². The van der Waals surface area contributed by atoms with Gasteiger partial charge in [0.25, 0.3) is 11.9 Å². The number of phenols is 1. The van der Waals surface area contributed by atoms with E-state index in [1.54, 1.807) is 12.1 Å². The Morgan fingerprint density at radius 2 is 1.67 bits per heavy atom. The van der Waals surface area contributed by atoms with E-state index in [4.69, 9.17) is 13.9 Å². The van der Waals surface area contributed by atoms with Crippen LogP contribution in [0.4, 0.5) is 11.7 Å². The molecular weight excluding hydrogens is 460 g/mol. The van der Waals surface area contributed by atoms with Crippen molar-refractivity contribution in [1.82, 2.24) is 14.8 Å². The summed E-state index contributed by atoms with van der Waals surface area (Å²) >= 11 is 0. The Morgan fingerprint density at radius 3 is 2.31 bits per heavy atom. The third kappa shape index (κ3) is 4.52. The van der Waals surface area contributed by atoms with E-state index >= 15 is 0 Å². The monoisotopic (exact) mass is 488 g/mol. The molecule has 186 valence electrons. The number of amides is 1. The molecule has 1 saturated heterocycles. The molecule has 1 aliphatic heterocycles. The van der Waals surface area contributed by atoms with Crippen molar-refractivity contribution in [1.29, 1.82) is 0 Å². The van der Waals surface area contributed by atoms with Crippen LogP contribution in [0.3, 0.4) is 0 Å². The number of carbonyl (C=O) groups excluding carboxylic acids is 1. The summed E-state index contributed by atoms with van der Waals surface area (Å²) in [7, 11) is 5.00. The fourth-order valence-corrected chi connectivity index (χ4v) is 4.30. The highest BCUT2D eigenvalue weighted by Gasteiger charge is 2.21. The molecule has 1 fully saturated rings. The number of oxazole rings is 1. The number of phenolic OH excluding ortho intramolecular Hbond substituents is 1. The number of nitrogens with zero attached hydrogens (tertiary/aromatic N) is 3. The fraction of sp³-hybridized carbons (Fsp3) is 0.259. The van der Waals surface area contributed by atoms with Gasteiger partial charge in [0.15, 0.2) is 17.1 Å². The average Bonchev–Trinajstić information content (AvgIpc) is 3.32. The maximum Gasteiger partial charge on any atom is 0.300 e. The number of aromatic hydroxyl groups is 1. The minimum atomic E-state index is -0.0834. The minimum Gasteiger partial charge on any atom is -0.502 e. The molecule has 2 heterocycles. The summed E-state index contributed by atoms with van der Waals surface area (Å²) in [6.07, 6.45) is 0. The first-order valence-corrected chi connectivity index (χ1v) is 11.7. The fourth-order valence-electron chi connectivity index (χ4n) is 4.30. The van der Waals surface area contributed by atoms with Gasteiger partial charge in [-0.1, -0.05) is 24.3 Å². The van der Waals surface area contributed by atoms with Gasteiger partial charge in [0.1, 0.15) is 5.52 Å². The number of nitrogens with one attached hydrogen (secondary N) is 1. The average molecular weight is 489 g/mol. The molecule has 36 heavy (non-hydrogen) atoms. The maximum absolute atomic E-state index is 12.9. The highest BCUT2D eigenvalue weighted by Crippen LogP contribution is 2.40. The number of carbonyl (C=O) groups is 1. The van der Waals surface area contributed by atoms with Gasteiger partial charge in [-0.3, -0.25) is 4.79 Å². The van der Waals surface area contributed by atoms with Gasteiger partial charge in [-0.15, -0.1) is 0 Å². The van der Waals surface area contributed by atoms with Gasteiger partial charge >= 0.3 is 0 Å². The number of ether oxygens (including phenoxy) is 2. The molecule has 0 saturated carbocycles. The van der Waals surface area contributed by atoms with Crippen LogP contribution in [0.1, 0.15) is 10.4 Å². The van der Waals surface area contributed by atoms with Crippen LogP contribution in [0.25, 0.3) is 22.2 Å². The second kappa shape index (κ2) is 9.79. The smallest absolute Gasteiger partial charge is 0.300 e. The van der Waals surface area contributed by atoms with Crippen molar-refractivity contribution in [2.45, 2.75) is 0 Å². The van der Waals surface area contributed by atoms with Gasteiger partial charge < -0.3 is 34.1 Å². The topological polar surface area (TPSA) is 100 Å². The summed E-state index contributed by atoms with van der Waals surface area (Å²) in [5, 5.41) is 13.3. The van der Waals surface area contributed by atoms with Crippen molar-refractivity contribution in [3.8, 4) is 28.4 Å². The maximum atomic E-state index is 12.9. The number of para-hydroxylation sites is 1. The van der Waals surface area contributed by atoms with Crippen LogP contribution in [0.5, 0.6) is 17.2 Å². The van der Waals surface area contributed by atoms with E-state index in [9.17, 15) is 9.90 Å². The van der Waals surface area contributed by atoms with Gasteiger partial charge in [0.05, 0.1) is 14.2 Å². The normalized spacial score (nSPS) is 14.1. The number of benzene rings is 3. The van der Waals surface area contributed by atoms with Crippen LogP contribution in [-0.4, -0.2) is 73.2 Å². The number of aromatic nitrogens is 1. The second-order valence-corrected chi connectivity index (χ2v) is 8.70. The first-order chi connectivity index (χ1) is 17.5. The molecule has 0 bridgehead atoms. The number of hydrogen-bond donors (Lipinski definition) is 2. The van der Waals surface area contributed by atoms with Crippen LogP contribution in [0.2, 0.25) is 0 Å². The van der Waals surface area contributed by atoms with E-state index in [0.29, 0.717) is 22.4 Å². The van der Waals surface area contributed by atoms with Crippen LogP contribution in [0.15, 0.2) is 59.0 Å². The highest BCUT2D eigenvalue weighted by molar-refractivity contribution is 5.96. The molecule has 1 aromatic heterocycles. The van der Waals surface area contributed by atoms with Crippen LogP contribution in [0, 0.1) is 0 Å². The van der Waals surface area contributed by atoms with Gasteiger partial charge in [0.2, 0.25) is 5.75 Å². The lowest BCUT2D eigenvalue weighted by molar-refractivity contribution is 0.0664. The molecule has 0 unspecified atom stereocenters. The van der Waals surface area contributed by atoms with E-state index in [2.05, 4.69) is 22.2 Å². The first kappa shape index (κ1) is 23.5. The lowest BCUT2D eigenvalue weighted by Gasteiger charge is -2.32. The number of methoxy groups -OCH3 is 2. The zero-order valence-electron chi connectivity index (χ0n) is 20.4. The largest absolute Gasteiger partial charge is 0.502 e. The molecular formula is C27H28N4O5. The molecule has 0 atom stereocenters.